The number of ether oxygens (including phenoxy) is 4. The molecule has 11 nitrogen and oxygen atoms in total. The summed E-state index contributed by atoms with van der Waals surface area (Å²) in [5.41, 5.74) is 1.29. The minimum Gasteiger partial charge on any atom is -0.490 e. The van der Waals surface area contributed by atoms with Crippen LogP contribution >= 0.6 is 0 Å². The molecule has 0 aromatic heterocycles. The van der Waals surface area contributed by atoms with Crippen LogP contribution in [-0.4, -0.2) is 91.8 Å². The molecule has 0 saturated carbocycles. The van der Waals surface area contributed by atoms with E-state index in [-0.39, 0.29) is 37.4 Å². The Labute approximate surface area is 260 Å². The van der Waals surface area contributed by atoms with Gasteiger partial charge in [0, 0.05) is 43.1 Å². The van der Waals surface area contributed by atoms with Crippen LogP contribution in [0.5, 0.6) is 17.2 Å². The zero-order chi connectivity index (χ0) is 31.6. The highest BCUT2D eigenvalue weighted by atomic mass is 16.7. The van der Waals surface area contributed by atoms with Gasteiger partial charge in [-0.2, -0.15) is 0 Å². The van der Waals surface area contributed by atoms with Crippen LogP contribution in [0, 0.1) is 5.92 Å². The van der Waals surface area contributed by atoms with Gasteiger partial charge in [-0.15, -0.1) is 0 Å². The van der Waals surface area contributed by atoms with Crippen LogP contribution < -0.4 is 24.8 Å². The van der Waals surface area contributed by atoms with Crippen molar-refractivity contribution < 1.29 is 33.6 Å². The number of carbonyl (C=O) groups is 2. The van der Waals surface area contributed by atoms with Gasteiger partial charge in [0.25, 0.3) is 5.91 Å². The van der Waals surface area contributed by atoms with Crippen molar-refractivity contribution in [2.24, 2.45) is 5.92 Å². The number of anilines is 2. The third-order valence-electron chi connectivity index (χ3n) is 8.04. The van der Waals surface area contributed by atoms with Crippen molar-refractivity contribution in [1.82, 2.24) is 9.80 Å². The molecule has 11 heteroatoms. The maximum Gasteiger partial charge on any atom is 0.323 e. The molecule has 0 saturated heterocycles. The number of aliphatic hydroxyl groups excluding tert-OH is 1. The molecule has 2 heterocycles. The normalized spacial score (nSPS) is 21.7. The van der Waals surface area contributed by atoms with Crippen LogP contribution in [0.4, 0.5) is 16.2 Å². The first-order valence-electron chi connectivity index (χ1n) is 15.7. The topological polar surface area (TPSA) is 122 Å². The third-order valence-corrected chi connectivity index (χ3v) is 8.04. The number of benzene rings is 2. The van der Waals surface area contributed by atoms with E-state index < -0.39 is 12.1 Å². The molecule has 2 aliphatic rings. The van der Waals surface area contributed by atoms with E-state index in [0.29, 0.717) is 47.3 Å². The zero-order valence-corrected chi connectivity index (χ0v) is 26.6. The molecule has 44 heavy (non-hydrogen) atoms. The number of amides is 3. The highest BCUT2D eigenvalue weighted by molar-refractivity contribution is 6.02. The fourth-order valence-electron chi connectivity index (χ4n) is 5.51. The quantitative estimate of drug-likeness (QED) is 0.372. The number of carbonyl (C=O) groups excluding carboxylic acids is 2. The summed E-state index contributed by atoms with van der Waals surface area (Å²) in [5.74, 6) is 1.35. The summed E-state index contributed by atoms with van der Waals surface area (Å²) < 4.78 is 23.4. The Balaban J connectivity index is 1.59. The maximum absolute atomic E-state index is 14.3. The predicted molar refractivity (Wildman–Crippen MR) is 170 cm³/mol. The molecule has 0 spiro atoms. The fraction of sp³-hybridized carbons (Fsp3) is 0.576. The molecule has 0 unspecified atom stereocenters. The lowest BCUT2D eigenvalue weighted by molar-refractivity contribution is -0.0167. The Kier molecular flexibility index (Phi) is 12.1. The first-order chi connectivity index (χ1) is 21.2. The van der Waals surface area contributed by atoms with Gasteiger partial charge in [0.05, 0.1) is 30.4 Å². The van der Waals surface area contributed by atoms with Crippen LogP contribution in [0.15, 0.2) is 36.4 Å². The second-order valence-corrected chi connectivity index (χ2v) is 11.9. The summed E-state index contributed by atoms with van der Waals surface area (Å²) in [7, 11) is 2.09. The van der Waals surface area contributed by atoms with Gasteiger partial charge in [-0.25, -0.2) is 4.79 Å². The SMILES string of the molecule is CCCN(C)C[C@@H]1OCCCC[C@@H](C)Oc2ccc(NC(=O)Nc3ccc4c(c3)OCO4)cc2C(=O)N([C@H](C)CO)C[C@H]1C. The molecular formula is C33H48N4O7. The Morgan fingerprint density at radius 3 is 2.50 bits per heavy atom. The standard InChI is InChI=1S/C33H48N4O7/c1-6-14-36(5)19-31-22(2)18-37(23(3)20-38)32(39)27-16-25(10-12-28(27)44-24(4)9-7-8-15-41-31)34-33(40)35-26-11-13-29-30(17-26)43-21-42-29/h10-13,16-17,22-24,31,38H,6-9,14-15,18-21H2,1-5H3,(H2,34,35,40)/t22-,23-,24-,31+/m1/s1. The Morgan fingerprint density at radius 2 is 1.77 bits per heavy atom. The van der Waals surface area contributed by atoms with Crippen LogP contribution in [0.3, 0.4) is 0 Å². The molecule has 3 amide bonds. The molecule has 0 radical (unpaired) electrons. The van der Waals surface area contributed by atoms with E-state index >= 15 is 0 Å². The van der Waals surface area contributed by atoms with E-state index in [0.717, 1.165) is 38.8 Å². The van der Waals surface area contributed by atoms with E-state index in [2.05, 4.69) is 36.4 Å². The lowest BCUT2D eigenvalue weighted by atomic mass is 10.0. The van der Waals surface area contributed by atoms with Gasteiger partial charge >= 0.3 is 6.03 Å². The summed E-state index contributed by atoms with van der Waals surface area (Å²) in [6.07, 6.45) is 3.50. The van der Waals surface area contributed by atoms with Crippen LogP contribution in [0.25, 0.3) is 0 Å². The summed E-state index contributed by atoms with van der Waals surface area (Å²) in [6, 6.07) is 9.31. The first-order valence-corrected chi connectivity index (χ1v) is 15.7. The van der Waals surface area contributed by atoms with Gasteiger partial charge < -0.3 is 44.5 Å². The fourth-order valence-corrected chi connectivity index (χ4v) is 5.51. The molecule has 3 N–H and O–H groups in total. The van der Waals surface area contributed by atoms with Crippen LogP contribution in [0.1, 0.15) is 63.7 Å². The minimum atomic E-state index is -0.475. The van der Waals surface area contributed by atoms with Crippen LogP contribution in [-0.2, 0) is 4.74 Å². The van der Waals surface area contributed by atoms with Gasteiger partial charge in [0.1, 0.15) is 5.75 Å². The number of hydrogen-bond acceptors (Lipinski definition) is 8. The van der Waals surface area contributed by atoms with Crippen LogP contribution in [0.2, 0.25) is 0 Å². The van der Waals surface area contributed by atoms with E-state index in [1.165, 1.54) is 0 Å². The van der Waals surface area contributed by atoms with Gasteiger partial charge in [-0.3, -0.25) is 4.79 Å². The number of nitrogens with zero attached hydrogens (tertiary/aromatic N) is 2. The molecular weight excluding hydrogens is 564 g/mol. The molecule has 0 bridgehead atoms. The van der Waals surface area contributed by atoms with Gasteiger partial charge in [-0.05, 0) is 83.5 Å². The van der Waals surface area contributed by atoms with Gasteiger partial charge in [0.15, 0.2) is 11.5 Å². The molecule has 4 rings (SSSR count). The summed E-state index contributed by atoms with van der Waals surface area (Å²) in [5, 5.41) is 15.8. The molecule has 2 aliphatic heterocycles. The maximum atomic E-state index is 14.3. The number of urea groups is 1. The monoisotopic (exact) mass is 612 g/mol. The van der Waals surface area contributed by atoms with Gasteiger partial charge in [0.2, 0.25) is 6.79 Å². The zero-order valence-electron chi connectivity index (χ0n) is 26.6. The van der Waals surface area contributed by atoms with Crippen molar-refractivity contribution in [2.45, 2.75) is 71.6 Å². The lowest BCUT2D eigenvalue weighted by Gasteiger charge is -2.35. The molecule has 0 aliphatic carbocycles. The second-order valence-electron chi connectivity index (χ2n) is 11.9. The number of nitrogens with one attached hydrogen (secondary N) is 2. The number of rotatable bonds is 8. The highest BCUT2D eigenvalue weighted by Crippen LogP contribution is 2.34. The van der Waals surface area contributed by atoms with Crippen molar-refractivity contribution in [2.75, 3.05) is 57.3 Å². The molecule has 2 aromatic carbocycles. The molecule has 2 aromatic rings. The number of fused-ring (bicyclic) bond motifs is 2. The van der Waals surface area contributed by atoms with E-state index in [4.69, 9.17) is 18.9 Å². The van der Waals surface area contributed by atoms with E-state index in [1.54, 1.807) is 41.3 Å². The van der Waals surface area contributed by atoms with E-state index in [1.807, 2.05) is 13.8 Å². The molecule has 0 fully saturated rings. The summed E-state index contributed by atoms with van der Waals surface area (Å²) in [4.78, 5) is 31.1. The van der Waals surface area contributed by atoms with Crippen molar-refractivity contribution in [3.8, 4) is 17.2 Å². The van der Waals surface area contributed by atoms with E-state index in [9.17, 15) is 14.7 Å². The number of likely N-dealkylation sites (N-methyl/N-ethyl adjacent to an activating group) is 1. The van der Waals surface area contributed by atoms with Crippen molar-refractivity contribution >= 4 is 23.3 Å². The number of hydrogen-bond donors (Lipinski definition) is 3. The average molecular weight is 613 g/mol. The minimum absolute atomic E-state index is 0.00674. The Bertz CT molecular complexity index is 1260. The van der Waals surface area contributed by atoms with Gasteiger partial charge in [-0.1, -0.05) is 13.8 Å². The summed E-state index contributed by atoms with van der Waals surface area (Å²) in [6.45, 7) is 10.8. The predicted octanol–water partition coefficient (Wildman–Crippen LogP) is 5.20. The largest absolute Gasteiger partial charge is 0.490 e. The number of aliphatic hydroxyl groups is 1. The Morgan fingerprint density at radius 1 is 1.07 bits per heavy atom. The van der Waals surface area contributed by atoms with Crippen molar-refractivity contribution in [3.05, 3.63) is 42.0 Å². The first kappa shape index (κ1) is 33.4. The Hall–Kier alpha value is -3.54. The molecule has 4 atom stereocenters. The third kappa shape index (κ3) is 8.99. The van der Waals surface area contributed by atoms with Crippen molar-refractivity contribution in [3.63, 3.8) is 0 Å². The smallest absolute Gasteiger partial charge is 0.323 e. The lowest BCUT2D eigenvalue weighted by Crippen LogP contribution is -2.47. The highest BCUT2D eigenvalue weighted by Gasteiger charge is 2.30. The molecule has 242 valence electrons. The second kappa shape index (κ2) is 16.0. The van der Waals surface area contributed by atoms with Crippen molar-refractivity contribution in [1.29, 1.82) is 0 Å². The average Bonchev–Trinajstić information content (AvgIpc) is 3.46. The summed E-state index contributed by atoms with van der Waals surface area (Å²) >= 11 is 0.